The number of carbonyl (C=O) groups is 1. The summed E-state index contributed by atoms with van der Waals surface area (Å²) in [6.07, 6.45) is 2.82. The topological polar surface area (TPSA) is 76.6 Å². The molecule has 0 saturated carbocycles. The van der Waals surface area contributed by atoms with Gasteiger partial charge < -0.3 is 14.2 Å². The Kier molecular flexibility index (Phi) is 6.24. The second-order valence-corrected chi connectivity index (χ2v) is 9.00. The van der Waals surface area contributed by atoms with Gasteiger partial charge in [0.2, 0.25) is 0 Å². The van der Waals surface area contributed by atoms with Crippen LogP contribution in [0, 0.1) is 12.8 Å². The van der Waals surface area contributed by atoms with Crippen LogP contribution in [0.25, 0.3) is 0 Å². The molecular weight excluding hydrogens is 382 g/mol. The fourth-order valence-corrected chi connectivity index (χ4v) is 4.50. The number of aryl methyl sites for hydroxylation is 1. The largest absolute Gasteiger partial charge is 0.378 e. The van der Waals surface area contributed by atoms with Crippen molar-refractivity contribution in [1.29, 1.82) is 0 Å². The molecule has 1 saturated heterocycles. The maximum Gasteiger partial charge on any atom is 0.274 e. The molecule has 1 fully saturated rings. The lowest BCUT2D eigenvalue weighted by Crippen LogP contribution is -2.42. The molecule has 1 atom stereocenters. The summed E-state index contributed by atoms with van der Waals surface area (Å²) in [5.41, 5.74) is 3.91. The van der Waals surface area contributed by atoms with E-state index in [-0.39, 0.29) is 5.91 Å². The molecule has 0 unspecified atom stereocenters. The normalized spacial score (nSPS) is 19.5. The van der Waals surface area contributed by atoms with E-state index in [0.29, 0.717) is 50.5 Å². The lowest BCUT2D eigenvalue weighted by atomic mass is 9.90. The summed E-state index contributed by atoms with van der Waals surface area (Å²) in [7, 11) is 2.12. The Morgan fingerprint density at radius 3 is 2.77 bits per heavy atom. The molecule has 1 aliphatic carbocycles. The summed E-state index contributed by atoms with van der Waals surface area (Å²) >= 11 is 0. The second-order valence-electron chi connectivity index (χ2n) is 9.00. The van der Waals surface area contributed by atoms with Gasteiger partial charge in [-0.3, -0.25) is 14.4 Å². The van der Waals surface area contributed by atoms with Crippen LogP contribution in [-0.2, 0) is 30.7 Å². The number of amides is 1. The molecule has 164 valence electrons. The number of hydrogen-bond acceptors (Lipinski definition) is 6. The van der Waals surface area contributed by atoms with Crippen molar-refractivity contribution in [2.75, 3.05) is 33.4 Å². The number of aromatic nitrogens is 3. The third-order valence-corrected chi connectivity index (χ3v) is 6.06. The first-order valence-electron chi connectivity index (χ1n) is 11.0. The van der Waals surface area contributed by atoms with E-state index >= 15 is 0 Å². The molecule has 0 spiro atoms. The Morgan fingerprint density at radius 2 is 2.10 bits per heavy atom. The number of ether oxygens (including phenoxy) is 1. The fourth-order valence-electron chi connectivity index (χ4n) is 4.50. The molecule has 30 heavy (non-hydrogen) atoms. The van der Waals surface area contributed by atoms with Gasteiger partial charge in [-0.15, -0.1) is 0 Å². The molecule has 2 aliphatic rings. The fraction of sp³-hybridized carbons (Fsp3) is 0.682. The Hall–Kier alpha value is -2.19. The summed E-state index contributed by atoms with van der Waals surface area (Å²) < 4.78 is 12.9. The van der Waals surface area contributed by atoms with E-state index in [1.165, 1.54) is 5.69 Å². The SMILES string of the molecule is Cc1cc(CN(C)[C@@H]2CCc3c(c(C(=O)N4CCOCC4)nn3CC(C)C)C2)on1. The molecule has 8 nitrogen and oxygen atoms in total. The summed E-state index contributed by atoms with van der Waals surface area (Å²) in [5, 5.41) is 8.82. The van der Waals surface area contributed by atoms with Gasteiger partial charge in [0.1, 0.15) is 0 Å². The van der Waals surface area contributed by atoms with Crippen molar-refractivity contribution in [3.05, 3.63) is 34.5 Å². The van der Waals surface area contributed by atoms with E-state index in [2.05, 4.69) is 35.6 Å². The molecule has 2 aromatic heterocycles. The van der Waals surface area contributed by atoms with Crippen LogP contribution >= 0.6 is 0 Å². The summed E-state index contributed by atoms with van der Waals surface area (Å²) in [6.45, 7) is 10.4. The highest BCUT2D eigenvalue weighted by Gasteiger charge is 2.33. The van der Waals surface area contributed by atoms with E-state index in [4.69, 9.17) is 14.4 Å². The van der Waals surface area contributed by atoms with Crippen molar-refractivity contribution in [1.82, 2.24) is 24.7 Å². The van der Waals surface area contributed by atoms with Gasteiger partial charge in [0.25, 0.3) is 5.91 Å². The monoisotopic (exact) mass is 415 g/mol. The predicted octanol–water partition coefficient (Wildman–Crippen LogP) is 2.30. The molecule has 0 N–H and O–H groups in total. The number of morpholine rings is 1. The number of carbonyl (C=O) groups excluding carboxylic acids is 1. The zero-order valence-corrected chi connectivity index (χ0v) is 18.6. The zero-order valence-electron chi connectivity index (χ0n) is 18.6. The minimum Gasteiger partial charge on any atom is -0.378 e. The first kappa shape index (κ1) is 21.1. The average Bonchev–Trinajstić information content (AvgIpc) is 3.30. The molecular formula is C22H33N5O3. The number of hydrogen-bond donors (Lipinski definition) is 0. The summed E-state index contributed by atoms with van der Waals surface area (Å²) in [6, 6.07) is 2.33. The van der Waals surface area contributed by atoms with Crippen LogP contribution in [0.1, 0.15) is 53.5 Å². The van der Waals surface area contributed by atoms with Crippen LogP contribution in [0.3, 0.4) is 0 Å². The lowest BCUT2D eigenvalue weighted by Gasteiger charge is -2.31. The molecule has 1 amide bonds. The first-order chi connectivity index (χ1) is 14.4. The van der Waals surface area contributed by atoms with Crippen LogP contribution in [0.15, 0.2) is 10.6 Å². The van der Waals surface area contributed by atoms with Gasteiger partial charge in [-0.25, -0.2) is 0 Å². The minimum absolute atomic E-state index is 0.0474. The second kappa shape index (κ2) is 8.89. The third-order valence-electron chi connectivity index (χ3n) is 6.06. The van der Waals surface area contributed by atoms with Gasteiger partial charge in [0, 0.05) is 43.0 Å². The highest BCUT2D eigenvalue weighted by Crippen LogP contribution is 2.29. The average molecular weight is 416 g/mol. The third kappa shape index (κ3) is 4.44. The van der Waals surface area contributed by atoms with E-state index in [9.17, 15) is 4.79 Å². The maximum absolute atomic E-state index is 13.3. The van der Waals surface area contributed by atoms with E-state index in [0.717, 1.165) is 42.8 Å². The van der Waals surface area contributed by atoms with Crippen molar-refractivity contribution in [3.8, 4) is 0 Å². The number of fused-ring (bicyclic) bond motifs is 1. The van der Waals surface area contributed by atoms with Gasteiger partial charge in [-0.2, -0.15) is 5.10 Å². The molecule has 3 heterocycles. The maximum atomic E-state index is 13.3. The number of nitrogens with zero attached hydrogens (tertiary/aromatic N) is 5. The molecule has 0 radical (unpaired) electrons. The van der Waals surface area contributed by atoms with Crippen molar-refractivity contribution >= 4 is 5.91 Å². The number of likely N-dealkylation sites (N-methyl/N-ethyl adjacent to an activating group) is 1. The zero-order chi connectivity index (χ0) is 21.3. The Balaban J connectivity index is 1.57. The van der Waals surface area contributed by atoms with Crippen LogP contribution in [0.2, 0.25) is 0 Å². The van der Waals surface area contributed by atoms with Gasteiger partial charge in [0.15, 0.2) is 11.5 Å². The molecule has 0 aromatic carbocycles. The summed E-state index contributed by atoms with van der Waals surface area (Å²) in [5.74, 6) is 1.41. The smallest absolute Gasteiger partial charge is 0.274 e. The molecule has 1 aliphatic heterocycles. The van der Waals surface area contributed by atoms with Gasteiger partial charge in [0.05, 0.1) is 25.5 Å². The number of rotatable bonds is 6. The highest BCUT2D eigenvalue weighted by molar-refractivity contribution is 5.94. The lowest BCUT2D eigenvalue weighted by molar-refractivity contribution is 0.0297. The van der Waals surface area contributed by atoms with Crippen molar-refractivity contribution in [3.63, 3.8) is 0 Å². The minimum atomic E-state index is 0.0474. The highest BCUT2D eigenvalue weighted by atomic mass is 16.5. The van der Waals surface area contributed by atoms with E-state index < -0.39 is 0 Å². The van der Waals surface area contributed by atoms with Crippen molar-refractivity contribution < 1.29 is 14.1 Å². The van der Waals surface area contributed by atoms with Gasteiger partial charge in [-0.05, 0) is 39.2 Å². The van der Waals surface area contributed by atoms with Crippen LogP contribution in [0.5, 0.6) is 0 Å². The molecule has 4 rings (SSSR count). The van der Waals surface area contributed by atoms with Crippen LogP contribution in [-0.4, -0.2) is 70.0 Å². The van der Waals surface area contributed by atoms with Gasteiger partial charge >= 0.3 is 0 Å². The molecule has 0 bridgehead atoms. The standard InChI is InChI=1S/C22H33N5O3/c1-15(2)13-27-20-6-5-17(25(4)14-18-11-16(3)24-30-18)12-19(20)21(23-27)22(28)26-7-9-29-10-8-26/h11,15,17H,5-10,12-14H2,1-4H3/t17-/m1/s1. The molecule has 2 aromatic rings. The molecule has 8 heteroatoms. The Labute approximate surface area is 178 Å². The Bertz CT molecular complexity index is 881. The van der Waals surface area contributed by atoms with Crippen LogP contribution in [0.4, 0.5) is 0 Å². The van der Waals surface area contributed by atoms with Crippen LogP contribution < -0.4 is 0 Å². The quantitative estimate of drug-likeness (QED) is 0.721. The first-order valence-corrected chi connectivity index (χ1v) is 11.0. The Morgan fingerprint density at radius 1 is 1.33 bits per heavy atom. The predicted molar refractivity (Wildman–Crippen MR) is 112 cm³/mol. The van der Waals surface area contributed by atoms with Crippen molar-refractivity contribution in [2.24, 2.45) is 5.92 Å². The van der Waals surface area contributed by atoms with E-state index in [1.807, 2.05) is 17.9 Å². The van der Waals surface area contributed by atoms with Crippen molar-refractivity contribution in [2.45, 2.75) is 59.2 Å². The van der Waals surface area contributed by atoms with Gasteiger partial charge in [-0.1, -0.05) is 19.0 Å². The summed E-state index contributed by atoms with van der Waals surface area (Å²) in [4.78, 5) is 17.5. The van der Waals surface area contributed by atoms with E-state index in [1.54, 1.807) is 0 Å².